The molecule has 110 valence electrons. The minimum atomic E-state index is 0.102. The molecule has 3 rings (SSSR count). The summed E-state index contributed by atoms with van der Waals surface area (Å²) in [6, 6.07) is 14.7. The summed E-state index contributed by atoms with van der Waals surface area (Å²) in [4.78, 5) is 0. The normalized spacial score (nSPS) is 20.9. The lowest BCUT2D eigenvalue weighted by molar-refractivity contribution is 0.139. The minimum Gasteiger partial charge on any atom is -0.487 e. The van der Waals surface area contributed by atoms with Crippen molar-refractivity contribution in [3.05, 3.63) is 64.2 Å². The van der Waals surface area contributed by atoms with E-state index in [4.69, 9.17) is 16.3 Å². The van der Waals surface area contributed by atoms with Crippen molar-refractivity contribution in [1.82, 2.24) is 5.32 Å². The van der Waals surface area contributed by atoms with Gasteiger partial charge in [0.05, 0.1) is 11.1 Å². The van der Waals surface area contributed by atoms with Gasteiger partial charge < -0.3 is 10.1 Å². The van der Waals surface area contributed by atoms with Gasteiger partial charge in [0.15, 0.2) is 0 Å². The summed E-state index contributed by atoms with van der Waals surface area (Å²) in [5.74, 6) is 0.770. The Morgan fingerprint density at radius 1 is 1.19 bits per heavy atom. The highest BCUT2D eigenvalue weighted by molar-refractivity contribution is 6.32. The van der Waals surface area contributed by atoms with E-state index in [0.717, 1.165) is 24.2 Å². The van der Waals surface area contributed by atoms with Gasteiger partial charge in [-0.1, -0.05) is 41.9 Å². The molecule has 0 saturated heterocycles. The van der Waals surface area contributed by atoms with Gasteiger partial charge in [-0.15, -0.1) is 0 Å². The maximum atomic E-state index is 6.29. The van der Waals surface area contributed by atoms with Crippen molar-refractivity contribution in [3.8, 4) is 5.75 Å². The molecule has 0 fully saturated rings. The Balaban J connectivity index is 1.86. The van der Waals surface area contributed by atoms with Crippen molar-refractivity contribution in [3.63, 3.8) is 0 Å². The maximum Gasteiger partial charge on any atom is 0.138 e. The van der Waals surface area contributed by atoms with Gasteiger partial charge >= 0.3 is 0 Å². The van der Waals surface area contributed by atoms with Crippen LogP contribution in [0.2, 0.25) is 5.02 Å². The molecule has 0 saturated carbocycles. The predicted octanol–water partition coefficient (Wildman–Crippen LogP) is 4.30. The molecule has 0 bridgehead atoms. The second-order valence-electron chi connectivity index (χ2n) is 5.59. The van der Waals surface area contributed by atoms with E-state index in [1.165, 1.54) is 11.1 Å². The highest BCUT2D eigenvalue weighted by atomic mass is 35.5. The van der Waals surface area contributed by atoms with E-state index in [2.05, 4.69) is 29.6 Å². The third kappa shape index (κ3) is 2.92. The van der Waals surface area contributed by atoms with Gasteiger partial charge in [-0.3, -0.25) is 0 Å². The molecule has 0 aliphatic heterocycles. The largest absolute Gasteiger partial charge is 0.487 e. The Labute approximate surface area is 131 Å². The number of rotatable bonds is 3. The number of hydrogen-bond donors (Lipinski definition) is 1. The van der Waals surface area contributed by atoms with Crippen LogP contribution >= 0.6 is 11.6 Å². The van der Waals surface area contributed by atoms with Gasteiger partial charge in [-0.25, -0.2) is 0 Å². The predicted molar refractivity (Wildman–Crippen MR) is 87.2 cm³/mol. The first-order chi connectivity index (χ1) is 10.2. The number of nitrogens with one attached hydrogen (secondary N) is 1. The zero-order valence-corrected chi connectivity index (χ0v) is 13.2. The highest BCUT2D eigenvalue weighted by Crippen LogP contribution is 2.34. The molecule has 0 amide bonds. The van der Waals surface area contributed by atoms with Gasteiger partial charge in [0, 0.05) is 0 Å². The van der Waals surface area contributed by atoms with Crippen LogP contribution in [0.4, 0.5) is 0 Å². The van der Waals surface area contributed by atoms with Gasteiger partial charge in [0.25, 0.3) is 0 Å². The van der Waals surface area contributed by atoms with Crippen LogP contribution in [0.15, 0.2) is 42.5 Å². The summed E-state index contributed by atoms with van der Waals surface area (Å²) in [5.41, 5.74) is 3.89. The average Bonchev–Trinajstić information content (AvgIpc) is 2.49. The van der Waals surface area contributed by atoms with Crippen LogP contribution in [0, 0.1) is 6.92 Å². The summed E-state index contributed by atoms with van der Waals surface area (Å²) in [5, 5.41) is 4.08. The zero-order chi connectivity index (χ0) is 14.8. The number of halogens is 1. The standard InChI is InChI=1S/C18H20ClNO/c1-12-7-9-16(15(19)11-12)21-17-10-8-13-5-3-4-6-14(13)18(17)20-2/h3-7,9,11,17-18,20H,8,10H2,1-2H3. The molecule has 1 aliphatic carbocycles. The molecular weight excluding hydrogens is 282 g/mol. The zero-order valence-electron chi connectivity index (χ0n) is 12.4. The minimum absolute atomic E-state index is 0.102. The van der Waals surface area contributed by atoms with Crippen molar-refractivity contribution in [2.75, 3.05) is 7.05 Å². The van der Waals surface area contributed by atoms with Crippen LogP contribution in [-0.4, -0.2) is 13.2 Å². The molecule has 2 nitrogen and oxygen atoms in total. The first kappa shape index (κ1) is 14.4. The Morgan fingerprint density at radius 2 is 2.00 bits per heavy atom. The quantitative estimate of drug-likeness (QED) is 0.912. The molecule has 1 aliphatic rings. The number of aryl methyl sites for hydroxylation is 2. The SMILES string of the molecule is CNC1c2ccccc2CCC1Oc1ccc(C)cc1Cl. The lowest BCUT2D eigenvalue weighted by Crippen LogP contribution is -2.37. The first-order valence-electron chi connectivity index (χ1n) is 7.37. The lowest BCUT2D eigenvalue weighted by Gasteiger charge is -2.33. The third-order valence-electron chi connectivity index (χ3n) is 4.14. The number of likely N-dealkylation sites (N-methyl/N-ethyl adjacent to an activating group) is 1. The molecular formula is C18H20ClNO. The van der Waals surface area contributed by atoms with E-state index in [1.807, 2.05) is 32.2 Å². The van der Waals surface area contributed by atoms with Crippen LogP contribution < -0.4 is 10.1 Å². The molecule has 0 aromatic heterocycles. The van der Waals surface area contributed by atoms with Crippen molar-refractivity contribution >= 4 is 11.6 Å². The van der Waals surface area contributed by atoms with E-state index in [0.29, 0.717) is 5.02 Å². The van der Waals surface area contributed by atoms with Crippen LogP contribution in [-0.2, 0) is 6.42 Å². The fourth-order valence-electron chi connectivity index (χ4n) is 3.06. The van der Waals surface area contributed by atoms with Crippen LogP contribution in [0.25, 0.3) is 0 Å². The van der Waals surface area contributed by atoms with Crippen LogP contribution in [0.1, 0.15) is 29.2 Å². The summed E-state index contributed by atoms with van der Waals surface area (Å²) < 4.78 is 6.21. The van der Waals surface area contributed by atoms with E-state index in [9.17, 15) is 0 Å². The molecule has 0 spiro atoms. The molecule has 2 aromatic rings. The number of fused-ring (bicyclic) bond motifs is 1. The van der Waals surface area contributed by atoms with Crippen molar-refractivity contribution in [2.45, 2.75) is 31.9 Å². The molecule has 2 atom stereocenters. The Kier molecular flexibility index (Phi) is 4.18. The van der Waals surface area contributed by atoms with Crippen molar-refractivity contribution in [2.24, 2.45) is 0 Å². The van der Waals surface area contributed by atoms with Gasteiger partial charge in [0.2, 0.25) is 0 Å². The summed E-state index contributed by atoms with van der Waals surface area (Å²) in [6.07, 6.45) is 2.14. The van der Waals surface area contributed by atoms with E-state index < -0.39 is 0 Å². The Hall–Kier alpha value is -1.51. The fraction of sp³-hybridized carbons (Fsp3) is 0.333. The number of benzene rings is 2. The van der Waals surface area contributed by atoms with Gasteiger partial charge in [0.1, 0.15) is 11.9 Å². The second-order valence-corrected chi connectivity index (χ2v) is 6.00. The first-order valence-corrected chi connectivity index (χ1v) is 7.74. The monoisotopic (exact) mass is 301 g/mol. The summed E-state index contributed by atoms with van der Waals surface area (Å²) in [7, 11) is 1.99. The van der Waals surface area contributed by atoms with Gasteiger partial charge in [-0.05, 0) is 55.6 Å². The Morgan fingerprint density at radius 3 is 2.76 bits per heavy atom. The molecule has 2 aromatic carbocycles. The molecule has 0 heterocycles. The van der Waals surface area contributed by atoms with Crippen molar-refractivity contribution < 1.29 is 4.74 Å². The summed E-state index contributed by atoms with van der Waals surface area (Å²) >= 11 is 6.29. The molecule has 0 radical (unpaired) electrons. The average molecular weight is 302 g/mol. The number of ether oxygens (including phenoxy) is 1. The van der Waals surface area contributed by atoms with E-state index in [1.54, 1.807) is 0 Å². The van der Waals surface area contributed by atoms with Crippen molar-refractivity contribution in [1.29, 1.82) is 0 Å². The smallest absolute Gasteiger partial charge is 0.138 e. The van der Waals surface area contributed by atoms with E-state index >= 15 is 0 Å². The fourth-order valence-corrected chi connectivity index (χ4v) is 3.34. The molecule has 21 heavy (non-hydrogen) atoms. The Bertz CT molecular complexity index is 641. The van der Waals surface area contributed by atoms with E-state index in [-0.39, 0.29) is 12.1 Å². The second kappa shape index (κ2) is 6.08. The lowest BCUT2D eigenvalue weighted by atomic mass is 9.85. The highest BCUT2D eigenvalue weighted by Gasteiger charge is 2.30. The molecule has 1 N–H and O–H groups in total. The molecule has 2 unspecified atom stereocenters. The molecule has 3 heteroatoms. The van der Waals surface area contributed by atoms with Crippen LogP contribution in [0.5, 0.6) is 5.75 Å². The third-order valence-corrected chi connectivity index (χ3v) is 4.43. The van der Waals surface area contributed by atoms with Crippen LogP contribution in [0.3, 0.4) is 0 Å². The maximum absolute atomic E-state index is 6.29. The topological polar surface area (TPSA) is 21.3 Å². The number of hydrogen-bond acceptors (Lipinski definition) is 2. The summed E-state index contributed by atoms with van der Waals surface area (Å²) in [6.45, 7) is 2.03. The van der Waals surface area contributed by atoms with Gasteiger partial charge in [-0.2, -0.15) is 0 Å².